The van der Waals surface area contributed by atoms with Crippen LogP contribution >= 0.6 is 23.4 Å². The van der Waals surface area contributed by atoms with Gasteiger partial charge in [0, 0.05) is 35.0 Å². The minimum atomic E-state index is -1.50. The van der Waals surface area contributed by atoms with Crippen LogP contribution in [-0.2, 0) is 18.7 Å². The lowest BCUT2D eigenvalue weighted by molar-refractivity contribution is -0.742. The van der Waals surface area contributed by atoms with Gasteiger partial charge in [0.2, 0.25) is 0 Å². The number of nitrogens with zero attached hydrogens (tertiary/aromatic N) is 3. The summed E-state index contributed by atoms with van der Waals surface area (Å²) in [7, 11) is 0. The number of aromatic nitrogens is 2. The molecule has 1 unspecified atom stereocenters. The number of hydrogen-bond acceptors (Lipinski definition) is 4. The van der Waals surface area contributed by atoms with Crippen LogP contribution in [0.1, 0.15) is 17.5 Å². The lowest BCUT2D eigenvalue weighted by Crippen LogP contribution is -2.13. The van der Waals surface area contributed by atoms with E-state index in [1.165, 1.54) is 11.1 Å². The quantitative estimate of drug-likeness (QED) is 0.404. The van der Waals surface area contributed by atoms with E-state index in [4.69, 9.17) is 26.9 Å². The van der Waals surface area contributed by atoms with E-state index in [-0.39, 0.29) is 0 Å². The van der Waals surface area contributed by atoms with Crippen molar-refractivity contribution in [1.29, 1.82) is 0 Å². The van der Waals surface area contributed by atoms with Gasteiger partial charge in [-0.25, -0.2) is 4.98 Å². The van der Waals surface area contributed by atoms with Gasteiger partial charge in [-0.15, -0.1) is 10.1 Å². The highest BCUT2D eigenvalue weighted by atomic mass is 35.5. The topological polar surface area (TPSA) is 81.2 Å². The van der Waals surface area contributed by atoms with Crippen LogP contribution in [0.5, 0.6) is 0 Å². The summed E-state index contributed by atoms with van der Waals surface area (Å²) in [5.41, 5.74) is 2.72. The standard InChI is InChI=1S/C20H21ClN2S.HNO3/c21-19-9-6-17(7-10-19)8-11-20(14-23-13-12-22-16-23)24-15-18-4-2-1-3-5-18;2-1(3)4/h1-7,9-10,12-13,16,20H,8,11,14-15H2;(H,2,3,4). The molecule has 1 aromatic heterocycles. The minimum absolute atomic E-state index is 0.551. The van der Waals surface area contributed by atoms with Crippen molar-refractivity contribution in [2.45, 2.75) is 30.4 Å². The number of imidazole rings is 1. The monoisotopic (exact) mass is 419 g/mol. The second-order valence-corrected chi connectivity index (χ2v) is 7.81. The minimum Gasteiger partial charge on any atom is -0.336 e. The summed E-state index contributed by atoms with van der Waals surface area (Å²) in [5.74, 6) is 1.04. The Morgan fingerprint density at radius 2 is 1.82 bits per heavy atom. The number of halogens is 1. The third-order valence-corrected chi connectivity index (χ3v) is 5.58. The normalized spacial score (nSPS) is 11.3. The van der Waals surface area contributed by atoms with E-state index >= 15 is 0 Å². The highest BCUT2D eigenvalue weighted by molar-refractivity contribution is 7.99. The predicted molar refractivity (Wildman–Crippen MR) is 112 cm³/mol. The third-order valence-electron chi connectivity index (χ3n) is 3.97. The van der Waals surface area contributed by atoms with Gasteiger partial charge in [0.15, 0.2) is 0 Å². The Balaban J connectivity index is 0.000000640. The second-order valence-electron chi connectivity index (χ2n) is 6.08. The van der Waals surface area contributed by atoms with E-state index in [9.17, 15) is 0 Å². The summed E-state index contributed by atoms with van der Waals surface area (Å²) >= 11 is 7.99. The number of benzene rings is 2. The van der Waals surface area contributed by atoms with Gasteiger partial charge < -0.3 is 9.77 Å². The van der Waals surface area contributed by atoms with Crippen LogP contribution in [-0.4, -0.2) is 25.1 Å². The fraction of sp³-hybridized carbons (Fsp3) is 0.250. The zero-order valence-electron chi connectivity index (χ0n) is 15.2. The molecule has 1 atom stereocenters. The molecule has 2 aromatic carbocycles. The summed E-state index contributed by atoms with van der Waals surface area (Å²) in [4.78, 5) is 12.5. The van der Waals surface area contributed by atoms with Crippen LogP contribution in [0.4, 0.5) is 0 Å². The first-order chi connectivity index (χ1) is 13.5. The largest absolute Gasteiger partial charge is 0.336 e. The zero-order chi connectivity index (χ0) is 20.2. The van der Waals surface area contributed by atoms with Crippen molar-refractivity contribution in [2.75, 3.05) is 0 Å². The van der Waals surface area contributed by atoms with Crippen molar-refractivity contribution in [3.63, 3.8) is 0 Å². The van der Waals surface area contributed by atoms with Crippen molar-refractivity contribution in [3.05, 3.63) is 99.6 Å². The van der Waals surface area contributed by atoms with E-state index < -0.39 is 5.09 Å². The van der Waals surface area contributed by atoms with E-state index in [0.717, 1.165) is 30.2 Å². The molecular weight excluding hydrogens is 398 g/mol. The molecule has 0 aliphatic carbocycles. The van der Waals surface area contributed by atoms with Crippen molar-refractivity contribution >= 4 is 23.4 Å². The van der Waals surface area contributed by atoms with Crippen LogP contribution in [0.25, 0.3) is 0 Å². The molecule has 0 aliphatic rings. The van der Waals surface area contributed by atoms with Crippen molar-refractivity contribution in [2.24, 2.45) is 0 Å². The molecular formula is C20H22ClN3O3S. The molecule has 1 N–H and O–H groups in total. The maximum atomic E-state index is 8.36. The number of thioether (sulfide) groups is 1. The van der Waals surface area contributed by atoms with E-state index in [0.29, 0.717) is 5.25 Å². The first-order valence-corrected chi connectivity index (χ1v) is 10.1. The van der Waals surface area contributed by atoms with Crippen molar-refractivity contribution in [1.82, 2.24) is 9.55 Å². The van der Waals surface area contributed by atoms with Gasteiger partial charge in [-0.2, -0.15) is 11.8 Å². The van der Waals surface area contributed by atoms with Gasteiger partial charge >= 0.3 is 0 Å². The second kappa shape index (κ2) is 12.0. The average Bonchev–Trinajstić information content (AvgIpc) is 3.19. The predicted octanol–water partition coefficient (Wildman–Crippen LogP) is 5.12. The third kappa shape index (κ3) is 8.92. The van der Waals surface area contributed by atoms with Crippen LogP contribution < -0.4 is 0 Å². The maximum Gasteiger partial charge on any atom is 0.291 e. The fourth-order valence-corrected chi connectivity index (χ4v) is 3.93. The Hall–Kier alpha value is -2.51. The molecule has 8 heteroatoms. The van der Waals surface area contributed by atoms with Crippen LogP contribution in [0.2, 0.25) is 5.02 Å². The zero-order valence-corrected chi connectivity index (χ0v) is 16.8. The van der Waals surface area contributed by atoms with E-state index in [1.807, 2.05) is 42.6 Å². The Labute approximate surface area is 173 Å². The SMILES string of the molecule is Clc1ccc(CCC(Cn2ccnc2)SCc2ccccc2)cc1.O=[N+]([O-])O. The highest BCUT2D eigenvalue weighted by Crippen LogP contribution is 2.24. The molecule has 0 saturated heterocycles. The molecule has 148 valence electrons. The Morgan fingerprint density at radius 3 is 2.43 bits per heavy atom. The number of aryl methyl sites for hydroxylation is 1. The number of rotatable bonds is 8. The first-order valence-electron chi connectivity index (χ1n) is 8.72. The maximum absolute atomic E-state index is 8.36. The fourth-order valence-electron chi connectivity index (χ4n) is 2.62. The summed E-state index contributed by atoms with van der Waals surface area (Å²) < 4.78 is 2.17. The smallest absolute Gasteiger partial charge is 0.291 e. The average molecular weight is 420 g/mol. The molecule has 28 heavy (non-hydrogen) atoms. The summed E-state index contributed by atoms with van der Waals surface area (Å²) in [5, 5.41) is 15.0. The lowest BCUT2D eigenvalue weighted by Gasteiger charge is -2.17. The Bertz CT molecular complexity index is 810. The molecule has 6 nitrogen and oxygen atoms in total. The van der Waals surface area contributed by atoms with Gasteiger partial charge in [-0.05, 0) is 36.1 Å². The van der Waals surface area contributed by atoms with Crippen LogP contribution in [0, 0.1) is 10.1 Å². The van der Waals surface area contributed by atoms with Gasteiger partial charge in [0.25, 0.3) is 5.09 Å². The van der Waals surface area contributed by atoms with E-state index in [2.05, 4.69) is 52.0 Å². The highest BCUT2D eigenvalue weighted by Gasteiger charge is 2.11. The molecule has 1 heterocycles. The molecule has 3 rings (SSSR count). The molecule has 0 bridgehead atoms. The Kier molecular flexibility index (Phi) is 9.37. The van der Waals surface area contributed by atoms with Crippen molar-refractivity contribution < 1.29 is 10.3 Å². The van der Waals surface area contributed by atoms with Gasteiger partial charge in [-0.1, -0.05) is 54.1 Å². The van der Waals surface area contributed by atoms with Gasteiger partial charge in [0.05, 0.1) is 6.33 Å². The molecule has 0 amide bonds. The molecule has 0 aliphatic heterocycles. The summed E-state index contributed by atoms with van der Waals surface area (Å²) in [6.07, 6.45) is 7.99. The van der Waals surface area contributed by atoms with Crippen molar-refractivity contribution in [3.8, 4) is 0 Å². The van der Waals surface area contributed by atoms with Crippen LogP contribution in [0.3, 0.4) is 0 Å². The Morgan fingerprint density at radius 1 is 1.14 bits per heavy atom. The lowest BCUT2D eigenvalue weighted by atomic mass is 10.1. The first kappa shape index (κ1) is 21.8. The van der Waals surface area contributed by atoms with Crippen LogP contribution in [0.15, 0.2) is 73.3 Å². The molecule has 0 saturated carbocycles. The van der Waals surface area contributed by atoms with E-state index in [1.54, 1.807) is 0 Å². The molecule has 0 spiro atoms. The molecule has 0 radical (unpaired) electrons. The molecule has 0 fully saturated rings. The molecule has 3 aromatic rings. The summed E-state index contributed by atoms with van der Waals surface area (Å²) in [6.45, 7) is 0.991. The van der Waals surface area contributed by atoms with Gasteiger partial charge in [0.1, 0.15) is 0 Å². The number of hydrogen-bond donors (Lipinski definition) is 1. The summed E-state index contributed by atoms with van der Waals surface area (Å²) in [6, 6.07) is 18.9. The van der Waals surface area contributed by atoms with Gasteiger partial charge in [-0.3, -0.25) is 0 Å².